The second-order valence-corrected chi connectivity index (χ2v) is 4.37. The van der Waals surface area contributed by atoms with Gasteiger partial charge in [-0.25, -0.2) is 0 Å². The summed E-state index contributed by atoms with van der Waals surface area (Å²) in [4.78, 5) is 11.0. The van der Waals surface area contributed by atoms with Crippen LogP contribution < -0.4 is 5.32 Å². The number of alkyl halides is 1. The molecule has 106 valence electrons. The summed E-state index contributed by atoms with van der Waals surface area (Å²) in [6.07, 6.45) is -4.53. The van der Waals surface area contributed by atoms with Crippen molar-refractivity contribution in [3.05, 3.63) is 0 Å². The fourth-order valence-electron chi connectivity index (χ4n) is 1.77. The first kappa shape index (κ1) is 15.6. The molecule has 1 heterocycles. The van der Waals surface area contributed by atoms with Gasteiger partial charge >= 0.3 is 0 Å². The van der Waals surface area contributed by atoms with Crippen LogP contribution in [-0.2, 0) is 14.3 Å². The number of carbonyl (C=O) groups excluding carboxylic acids is 1. The van der Waals surface area contributed by atoms with E-state index < -0.39 is 43.2 Å². The van der Waals surface area contributed by atoms with Crippen molar-refractivity contribution < 1.29 is 29.6 Å². The van der Waals surface area contributed by atoms with Gasteiger partial charge < -0.3 is 30.1 Å². The standard InChI is InChI=1S/C10H18ClNO6/c1-5(14)12-7-9(16)8(15)6(4-13)18-10(7)17-3-2-11/h6-10,13,15-16H,2-4H2,1H3,(H,12,14)/t6-,7+,8+,9+,10-/m0/s1. The van der Waals surface area contributed by atoms with Crippen LogP contribution in [0.25, 0.3) is 0 Å². The molecule has 1 aliphatic heterocycles. The number of rotatable bonds is 5. The molecular weight excluding hydrogens is 266 g/mol. The van der Waals surface area contributed by atoms with Gasteiger partial charge in [0.1, 0.15) is 24.4 Å². The number of carbonyl (C=O) groups is 1. The van der Waals surface area contributed by atoms with E-state index in [1.165, 1.54) is 6.92 Å². The van der Waals surface area contributed by atoms with Gasteiger partial charge in [0, 0.05) is 12.8 Å². The Kier molecular flexibility index (Phi) is 6.27. The molecule has 0 radical (unpaired) electrons. The minimum Gasteiger partial charge on any atom is -0.394 e. The van der Waals surface area contributed by atoms with Crippen molar-refractivity contribution in [3.8, 4) is 0 Å². The van der Waals surface area contributed by atoms with E-state index >= 15 is 0 Å². The number of hydrogen-bond acceptors (Lipinski definition) is 6. The number of aliphatic hydroxyl groups excluding tert-OH is 3. The van der Waals surface area contributed by atoms with Gasteiger partial charge in [0.25, 0.3) is 0 Å². The van der Waals surface area contributed by atoms with Gasteiger partial charge in [-0.05, 0) is 0 Å². The highest BCUT2D eigenvalue weighted by Crippen LogP contribution is 2.22. The van der Waals surface area contributed by atoms with Gasteiger partial charge in [0.05, 0.1) is 13.2 Å². The number of ether oxygens (including phenoxy) is 2. The monoisotopic (exact) mass is 283 g/mol. The van der Waals surface area contributed by atoms with Crippen LogP contribution in [0, 0.1) is 0 Å². The van der Waals surface area contributed by atoms with Crippen molar-refractivity contribution in [1.29, 1.82) is 0 Å². The van der Waals surface area contributed by atoms with E-state index in [4.69, 9.17) is 26.2 Å². The number of amides is 1. The summed E-state index contributed by atoms with van der Waals surface area (Å²) < 4.78 is 10.5. The topological polar surface area (TPSA) is 108 Å². The molecular formula is C10H18ClNO6. The molecule has 1 fully saturated rings. The fourth-order valence-corrected chi connectivity index (χ4v) is 1.86. The van der Waals surface area contributed by atoms with E-state index in [0.29, 0.717) is 0 Å². The second kappa shape index (κ2) is 7.22. The Hall–Kier alpha value is -0.440. The highest BCUT2D eigenvalue weighted by molar-refractivity contribution is 6.17. The van der Waals surface area contributed by atoms with Crippen molar-refractivity contribution in [2.45, 2.75) is 37.6 Å². The molecule has 1 aliphatic rings. The lowest BCUT2D eigenvalue weighted by atomic mass is 9.97. The highest BCUT2D eigenvalue weighted by atomic mass is 35.5. The molecule has 5 atom stereocenters. The third-order valence-electron chi connectivity index (χ3n) is 2.61. The maximum absolute atomic E-state index is 11.0. The maximum Gasteiger partial charge on any atom is 0.217 e. The molecule has 1 amide bonds. The molecule has 18 heavy (non-hydrogen) atoms. The van der Waals surface area contributed by atoms with E-state index in [-0.39, 0.29) is 12.5 Å². The van der Waals surface area contributed by atoms with E-state index in [2.05, 4.69) is 5.32 Å². The third kappa shape index (κ3) is 3.78. The predicted octanol–water partition coefficient (Wildman–Crippen LogP) is -1.81. The van der Waals surface area contributed by atoms with Gasteiger partial charge in [0.15, 0.2) is 6.29 Å². The summed E-state index contributed by atoms with van der Waals surface area (Å²) >= 11 is 5.48. The number of halogens is 1. The lowest BCUT2D eigenvalue weighted by Gasteiger charge is -2.42. The van der Waals surface area contributed by atoms with Crippen LogP contribution in [0.5, 0.6) is 0 Å². The maximum atomic E-state index is 11.0. The Morgan fingerprint density at radius 1 is 1.44 bits per heavy atom. The van der Waals surface area contributed by atoms with E-state index in [0.717, 1.165) is 0 Å². The largest absolute Gasteiger partial charge is 0.394 e. The molecule has 0 aromatic heterocycles. The second-order valence-electron chi connectivity index (χ2n) is 3.99. The van der Waals surface area contributed by atoms with Gasteiger partial charge in [-0.1, -0.05) is 0 Å². The normalized spacial score (nSPS) is 36.4. The molecule has 0 aromatic rings. The van der Waals surface area contributed by atoms with Crippen molar-refractivity contribution in [2.24, 2.45) is 0 Å². The number of hydrogen-bond donors (Lipinski definition) is 4. The van der Waals surface area contributed by atoms with Gasteiger partial charge in [-0.3, -0.25) is 4.79 Å². The Balaban J connectivity index is 2.76. The highest BCUT2D eigenvalue weighted by Gasteiger charge is 2.45. The zero-order valence-electron chi connectivity index (χ0n) is 9.95. The molecule has 0 unspecified atom stereocenters. The molecule has 0 saturated carbocycles. The first-order valence-corrected chi connectivity index (χ1v) is 6.11. The third-order valence-corrected chi connectivity index (χ3v) is 2.76. The van der Waals surface area contributed by atoms with E-state index in [1.54, 1.807) is 0 Å². The molecule has 1 saturated heterocycles. The fraction of sp³-hybridized carbons (Fsp3) is 0.900. The minimum absolute atomic E-state index is 0.156. The van der Waals surface area contributed by atoms with E-state index in [9.17, 15) is 15.0 Å². The van der Waals surface area contributed by atoms with Crippen LogP contribution >= 0.6 is 11.6 Å². The molecule has 0 aliphatic carbocycles. The quantitative estimate of drug-likeness (QED) is 0.443. The molecule has 0 aromatic carbocycles. The zero-order chi connectivity index (χ0) is 13.7. The average Bonchev–Trinajstić information content (AvgIpc) is 2.33. The summed E-state index contributed by atoms with van der Waals surface area (Å²) in [7, 11) is 0. The number of nitrogens with one attached hydrogen (secondary N) is 1. The van der Waals surface area contributed by atoms with Crippen LogP contribution in [0.1, 0.15) is 6.92 Å². The lowest BCUT2D eigenvalue weighted by molar-refractivity contribution is -0.268. The minimum atomic E-state index is -1.30. The SMILES string of the molecule is CC(=O)N[C@H]1[C@@H](OCCCl)O[C@@H](CO)[C@@H](O)[C@@H]1O. The van der Waals surface area contributed by atoms with Crippen molar-refractivity contribution in [2.75, 3.05) is 19.1 Å². The lowest BCUT2D eigenvalue weighted by Crippen LogP contribution is -2.64. The van der Waals surface area contributed by atoms with Crippen LogP contribution in [0.4, 0.5) is 0 Å². The summed E-state index contributed by atoms with van der Waals surface area (Å²) in [5.41, 5.74) is 0. The van der Waals surface area contributed by atoms with Gasteiger partial charge in [-0.15, -0.1) is 11.6 Å². The number of aliphatic hydroxyl groups is 3. The van der Waals surface area contributed by atoms with Crippen molar-refractivity contribution >= 4 is 17.5 Å². The molecule has 1 rings (SSSR count). The van der Waals surface area contributed by atoms with Gasteiger partial charge in [0.2, 0.25) is 5.91 Å². The first-order chi connectivity index (χ1) is 8.51. The Morgan fingerprint density at radius 3 is 2.61 bits per heavy atom. The first-order valence-electron chi connectivity index (χ1n) is 5.58. The van der Waals surface area contributed by atoms with Crippen LogP contribution in [0.3, 0.4) is 0 Å². The smallest absolute Gasteiger partial charge is 0.217 e. The Labute approximate surface area is 110 Å². The van der Waals surface area contributed by atoms with Crippen LogP contribution in [0.2, 0.25) is 0 Å². The van der Waals surface area contributed by atoms with Crippen LogP contribution in [0.15, 0.2) is 0 Å². The molecule has 0 spiro atoms. The van der Waals surface area contributed by atoms with E-state index in [1.807, 2.05) is 0 Å². The summed E-state index contributed by atoms with van der Waals surface area (Å²) in [6, 6.07) is -0.913. The Morgan fingerprint density at radius 2 is 2.11 bits per heavy atom. The molecule has 7 nitrogen and oxygen atoms in total. The predicted molar refractivity (Wildman–Crippen MR) is 62.0 cm³/mol. The molecule has 4 N–H and O–H groups in total. The van der Waals surface area contributed by atoms with Crippen molar-refractivity contribution in [1.82, 2.24) is 5.32 Å². The molecule has 0 bridgehead atoms. The summed E-state index contributed by atoms with van der Waals surface area (Å²) in [5, 5.41) is 31.1. The average molecular weight is 284 g/mol. The summed E-state index contributed by atoms with van der Waals surface area (Å²) in [6.45, 7) is 0.963. The zero-order valence-corrected chi connectivity index (χ0v) is 10.7. The van der Waals surface area contributed by atoms with Crippen molar-refractivity contribution in [3.63, 3.8) is 0 Å². The van der Waals surface area contributed by atoms with Crippen LogP contribution in [-0.4, -0.2) is 71.0 Å². The summed E-state index contributed by atoms with van der Waals surface area (Å²) in [5.74, 6) is -0.175. The Bertz CT molecular complexity index is 279. The molecule has 8 heteroatoms. The van der Waals surface area contributed by atoms with Gasteiger partial charge in [-0.2, -0.15) is 0 Å².